The van der Waals surface area contributed by atoms with Crippen molar-refractivity contribution in [3.63, 3.8) is 0 Å². The first kappa shape index (κ1) is 18.3. The molecule has 1 amide bonds. The van der Waals surface area contributed by atoms with Crippen LogP contribution >= 0.6 is 0 Å². The molecule has 1 atom stereocenters. The molecule has 0 aliphatic carbocycles. The van der Waals surface area contributed by atoms with Crippen molar-refractivity contribution in [1.82, 2.24) is 10.6 Å². The first-order chi connectivity index (χ1) is 12.4. The first-order valence-electron chi connectivity index (χ1n) is 8.20. The molecule has 0 spiro atoms. The van der Waals surface area contributed by atoms with Gasteiger partial charge in [0, 0.05) is 19.6 Å². The lowest BCUT2D eigenvalue weighted by Crippen LogP contribution is -2.39. The van der Waals surface area contributed by atoms with Gasteiger partial charge in [-0.3, -0.25) is 4.79 Å². The predicted molar refractivity (Wildman–Crippen MR) is 90.7 cm³/mol. The molecule has 26 heavy (non-hydrogen) atoms. The maximum atomic E-state index is 13.2. The number of fused-ring (bicyclic) bond motifs is 1. The monoisotopic (exact) mass is 364 g/mol. The van der Waals surface area contributed by atoms with Crippen LogP contribution in [0.4, 0.5) is 13.2 Å². The zero-order valence-electron chi connectivity index (χ0n) is 14.2. The standard InChI is InChI=1S/C19H19F3N2O2/c1-26-13-7-5-12(6-8-13)9-24-18(25)16-11-23-10-15-14(16)3-2-4-17(15)19(20,21)22/h2-8,16,23H,9-11H2,1H3,(H,24,25). The molecule has 7 heteroatoms. The minimum absolute atomic E-state index is 0.104. The maximum Gasteiger partial charge on any atom is 0.416 e. The van der Waals surface area contributed by atoms with Gasteiger partial charge in [0.2, 0.25) is 5.91 Å². The van der Waals surface area contributed by atoms with Crippen LogP contribution in [0, 0.1) is 0 Å². The van der Waals surface area contributed by atoms with Crippen molar-refractivity contribution in [1.29, 1.82) is 0 Å². The molecule has 0 fully saturated rings. The molecule has 4 nitrogen and oxygen atoms in total. The minimum atomic E-state index is -4.44. The van der Waals surface area contributed by atoms with Gasteiger partial charge in [-0.25, -0.2) is 0 Å². The van der Waals surface area contributed by atoms with E-state index < -0.39 is 17.7 Å². The largest absolute Gasteiger partial charge is 0.497 e. The first-order valence-corrected chi connectivity index (χ1v) is 8.20. The van der Waals surface area contributed by atoms with E-state index in [0.717, 1.165) is 11.6 Å². The van der Waals surface area contributed by atoms with E-state index in [0.29, 0.717) is 24.4 Å². The van der Waals surface area contributed by atoms with Crippen molar-refractivity contribution >= 4 is 5.91 Å². The second kappa shape index (κ2) is 7.37. The Morgan fingerprint density at radius 3 is 2.62 bits per heavy atom. The smallest absolute Gasteiger partial charge is 0.416 e. The fourth-order valence-corrected chi connectivity index (χ4v) is 3.14. The second-order valence-corrected chi connectivity index (χ2v) is 6.12. The molecular formula is C19H19F3N2O2. The Kier molecular flexibility index (Phi) is 5.18. The van der Waals surface area contributed by atoms with Crippen molar-refractivity contribution in [3.8, 4) is 5.75 Å². The molecule has 1 unspecified atom stereocenters. The Balaban J connectivity index is 1.75. The van der Waals surface area contributed by atoms with E-state index in [1.165, 1.54) is 6.07 Å². The van der Waals surface area contributed by atoms with Gasteiger partial charge in [0.25, 0.3) is 0 Å². The molecule has 1 heterocycles. The van der Waals surface area contributed by atoms with Crippen LogP contribution in [0.25, 0.3) is 0 Å². The molecule has 0 saturated carbocycles. The lowest BCUT2D eigenvalue weighted by molar-refractivity contribution is -0.138. The fraction of sp³-hybridized carbons (Fsp3) is 0.316. The molecule has 2 aromatic rings. The molecule has 1 aliphatic heterocycles. The number of rotatable bonds is 4. The highest BCUT2D eigenvalue weighted by Crippen LogP contribution is 2.36. The summed E-state index contributed by atoms with van der Waals surface area (Å²) in [5.74, 6) is -0.238. The van der Waals surface area contributed by atoms with Gasteiger partial charge >= 0.3 is 6.18 Å². The summed E-state index contributed by atoms with van der Waals surface area (Å²) in [6.45, 7) is 0.712. The van der Waals surface area contributed by atoms with Crippen molar-refractivity contribution in [2.24, 2.45) is 0 Å². The van der Waals surface area contributed by atoms with Gasteiger partial charge in [-0.2, -0.15) is 13.2 Å². The number of benzene rings is 2. The highest BCUT2D eigenvalue weighted by Gasteiger charge is 2.37. The van der Waals surface area contributed by atoms with Gasteiger partial charge < -0.3 is 15.4 Å². The summed E-state index contributed by atoms with van der Waals surface area (Å²) in [5.41, 5.74) is 0.781. The quantitative estimate of drug-likeness (QED) is 0.876. The van der Waals surface area contributed by atoms with E-state index in [2.05, 4.69) is 10.6 Å². The summed E-state index contributed by atoms with van der Waals surface area (Å²) in [6, 6.07) is 11.2. The predicted octanol–water partition coefficient (Wildman–Crippen LogP) is 3.22. The van der Waals surface area contributed by atoms with Crippen LogP contribution in [0.15, 0.2) is 42.5 Å². The zero-order valence-corrected chi connectivity index (χ0v) is 14.2. The normalized spacial score (nSPS) is 16.7. The van der Waals surface area contributed by atoms with E-state index in [4.69, 9.17) is 4.74 Å². The molecular weight excluding hydrogens is 345 g/mol. The van der Waals surface area contributed by atoms with Crippen molar-refractivity contribution < 1.29 is 22.7 Å². The maximum absolute atomic E-state index is 13.2. The fourth-order valence-electron chi connectivity index (χ4n) is 3.14. The molecule has 2 N–H and O–H groups in total. The number of ether oxygens (including phenoxy) is 1. The van der Waals surface area contributed by atoms with Gasteiger partial charge in [-0.1, -0.05) is 24.3 Å². The Labute approximate surface area is 149 Å². The van der Waals surface area contributed by atoms with Crippen LogP contribution in [-0.4, -0.2) is 19.6 Å². The van der Waals surface area contributed by atoms with Crippen molar-refractivity contribution in [2.45, 2.75) is 25.2 Å². The third kappa shape index (κ3) is 3.83. The van der Waals surface area contributed by atoms with Crippen LogP contribution in [0.1, 0.15) is 28.2 Å². The molecule has 2 aromatic carbocycles. The van der Waals surface area contributed by atoms with Gasteiger partial charge in [-0.15, -0.1) is 0 Å². The summed E-state index contributed by atoms with van der Waals surface area (Å²) < 4.78 is 44.7. The van der Waals surface area contributed by atoms with Crippen LogP contribution in [0.5, 0.6) is 5.75 Å². The molecule has 138 valence electrons. The summed E-state index contributed by atoms with van der Waals surface area (Å²) in [6.07, 6.45) is -4.44. The number of hydrogen-bond donors (Lipinski definition) is 2. The van der Waals surface area contributed by atoms with Crippen LogP contribution in [0.2, 0.25) is 0 Å². The average molecular weight is 364 g/mol. The number of nitrogens with one attached hydrogen (secondary N) is 2. The third-order valence-electron chi connectivity index (χ3n) is 4.49. The van der Waals surface area contributed by atoms with Crippen molar-refractivity contribution in [2.75, 3.05) is 13.7 Å². The van der Waals surface area contributed by atoms with Gasteiger partial charge in [0.15, 0.2) is 0 Å². The molecule has 3 rings (SSSR count). The number of amides is 1. The number of halogens is 3. The van der Waals surface area contributed by atoms with Gasteiger partial charge in [0.1, 0.15) is 5.75 Å². The second-order valence-electron chi connectivity index (χ2n) is 6.12. The molecule has 0 radical (unpaired) electrons. The molecule has 1 aliphatic rings. The van der Waals surface area contributed by atoms with Crippen molar-refractivity contribution in [3.05, 3.63) is 64.7 Å². The number of hydrogen-bond acceptors (Lipinski definition) is 3. The SMILES string of the molecule is COc1ccc(CNC(=O)C2CNCc3c2cccc3C(F)(F)F)cc1. The Hall–Kier alpha value is -2.54. The van der Waals surface area contributed by atoms with Gasteiger partial charge in [-0.05, 0) is 34.9 Å². The Morgan fingerprint density at radius 2 is 1.96 bits per heavy atom. The molecule has 0 aromatic heterocycles. The van der Waals surface area contributed by atoms with Crippen LogP contribution in [0.3, 0.4) is 0 Å². The van der Waals surface area contributed by atoms with E-state index in [9.17, 15) is 18.0 Å². The highest BCUT2D eigenvalue weighted by molar-refractivity contribution is 5.84. The minimum Gasteiger partial charge on any atom is -0.497 e. The Bertz CT molecular complexity index is 788. The summed E-state index contributed by atoms with van der Waals surface area (Å²) in [7, 11) is 1.57. The zero-order chi connectivity index (χ0) is 18.7. The molecule has 0 bridgehead atoms. The van der Waals surface area contributed by atoms with E-state index in [1.807, 2.05) is 12.1 Å². The lowest BCUT2D eigenvalue weighted by atomic mass is 9.87. The number of alkyl halides is 3. The number of carbonyl (C=O) groups excluding carboxylic acids is 1. The van der Waals surface area contributed by atoms with Crippen LogP contribution < -0.4 is 15.4 Å². The number of carbonyl (C=O) groups is 1. The summed E-state index contributed by atoms with van der Waals surface area (Å²) >= 11 is 0. The topological polar surface area (TPSA) is 50.4 Å². The average Bonchev–Trinajstić information content (AvgIpc) is 2.64. The lowest BCUT2D eigenvalue weighted by Gasteiger charge is -2.28. The van der Waals surface area contributed by atoms with Gasteiger partial charge in [0.05, 0.1) is 18.6 Å². The van der Waals surface area contributed by atoms with Crippen LogP contribution in [-0.2, 0) is 24.1 Å². The van der Waals surface area contributed by atoms with E-state index in [-0.39, 0.29) is 18.0 Å². The van der Waals surface area contributed by atoms with E-state index in [1.54, 1.807) is 25.3 Å². The third-order valence-corrected chi connectivity index (χ3v) is 4.49. The molecule has 0 saturated heterocycles. The highest BCUT2D eigenvalue weighted by atomic mass is 19.4. The summed E-state index contributed by atoms with van der Waals surface area (Å²) in [4.78, 5) is 12.6. The Morgan fingerprint density at radius 1 is 1.23 bits per heavy atom. The van der Waals surface area contributed by atoms with E-state index >= 15 is 0 Å². The summed E-state index contributed by atoms with van der Waals surface area (Å²) in [5, 5.41) is 5.72. The number of methoxy groups -OCH3 is 1.